The van der Waals surface area contributed by atoms with Gasteiger partial charge in [-0.2, -0.15) is 5.06 Å². The number of aliphatic hydroxyl groups is 2. The van der Waals surface area contributed by atoms with Gasteiger partial charge < -0.3 is 20.4 Å². The van der Waals surface area contributed by atoms with Crippen molar-refractivity contribution in [3.8, 4) is 11.8 Å². The molecule has 1 heterocycles. The minimum atomic E-state index is -0.837. The van der Waals surface area contributed by atoms with Gasteiger partial charge in [-0.1, -0.05) is 59.9 Å². The van der Waals surface area contributed by atoms with Crippen LogP contribution >= 0.6 is 0 Å². The molecule has 0 saturated carbocycles. The standard InChI is InChI=1S/C33H39N3O4/c1-24-10-12-26(13-11-24)14-15-27-16-18-28(19-17-27)22-36-31(30(23-37)32(40-36)25(2)38)33(39)34-20-7-21-35(3)29-8-5-4-6-9-29/h4-6,8-13,16-19,25,30-32,37-38H,7,20-23H2,1-3H3,(H,34,39)/t25-,30-,31-,32-/m1/s1. The fraction of sp³-hybridized carbons (Fsp3) is 0.364. The highest BCUT2D eigenvalue weighted by Gasteiger charge is 2.48. The number of hydrogen-bond acceptors (Lipinski definition) is 6. The molecule has 1 saturated heterocycles. The molecular formula is C33H39N3O4. The topological polar surface area (TPSA) is 85.3 Å². The number of nitrogens with one attached hydrogen (secondary N) is 1. The van der Waals surface area contributed by atoms with E-state index in [0.29, 0.717) is 13.1 Å². The lowest BCUT2D eigenvalue weighted by atomic mass is 9.92. The number of hydroxylamine groups is 2. The smallest absolute Gasteiger partial charge is 0.240 e. The molecule has 1 amide bonds. The summed E-state index contributed by atoms with van der Waals surface area (Å²) in [5.41, 5.74) is 5.10. The number of amides is 1. The molecule has 0 bridgehead atoms. The van der Waals surface area contributed by atoms with Crippen molar-refractivity contribution < 1.29 is 19.8 Å². The van der Waals surface area contributed by atoms with Gasteiger partial charge >= 0.3 is 0 Å². The number of carbonyl (C=O) groups is 1. The molecule has 0 unspecified atom stereocenters. The van der Waals surface area contributed by atoms with E-state index in [0.717, 1.165) is 35.3 Å². The van der Waals surface area contributed by atoms with E-state index in [1.54, 1.807) is 12.0 Å². The second-order valence-corrected chi connectivity index (χ2v) is 10.4. The number of carbonyl (C=O) groups excluding carboxylic acids is 1. The van der Waals surface area contributed by atoms with Crippen LogP contribution in [-0.4, -0.2) is 66.2 Å². The third-order valence-corrected chi connectivity index (χ3v) is 7.21. The van der Waals surface area contributed by atoms with Crippen LogP contribution in [-0.2, 0) is 16.2 Å². The van der Waals surface area contributed by atoms with Crippen molar-refractivity contribution in [2.24, 2.45) is 5.92 Å². The van der Waals surface area contributed by atoms with Crippen LogP contribution in [0.4, 0.5) is 5.69 Å². The highest BCUT2D eigenvalue weighted by Crippen LogP contribution is 2.31. The second-order valence-electron chi connectivity index (χ2n) is 10.4. The Morgan fingerprint density at radius 2 is 1.65 bits per heavy atom. The van der Waals surface area contributed by atoms with Gasteiger partial charge in [0.15, 0.2) is 0 Å². The monoisotopic (exact) mass is 541 g/mol. The van der Waals surface area contributed by atoms with Gasteiger partial charge in [0.2, 0.25) is 5.91 Å². The Bertz CT molecular complexity index is 1280. The third-order valence-electron chi connectivity index (χ3n) is 7.21. The van der Waals surface area contributed by atoms with E-state index >= 15 is 0 Å². The first kappa shape index (κ1) is 29.3. The number of nitrogens with zero attached hydrogens (tertiary/aromatic N) is 2. The summed E-state index contributed by atoms with van der Waals surface area (Å²) in [6.07, 6.45) is -0.750. The lowest BCUT2D eigenvalue weighted by molar-refractivity contribution is -0.192. The molecule has 210 valence electrons. The molecule has 0 aliphatic carbocycles. The molecule has 0 spiro atoms. The normalized spacial score (nSPS) is 19.5. The van der Waals surface area contributed by atoms with Gasteiger partial charge in [0.25, 0.3) is 0 Å². The molecule has 1 fully saturated rings. The first-order valence-corrected chi connectivity index (χ1v) is 13.8. The average Bonchev–Trinajstić information content (AvgIpc) is 3.34. The van der Waals surface area contributed by atoms with Crippen molar-refractivity contribution in [2.45, 2.75) is 45.1 Å². The van der Waals surface area contributed by atoms with Crippen molar-refractivity contribution in [3.05, 3.63) is 101 Å². The summed E-state index contributed by atoms with van der Waals surface area (Å²) < 4.78 is 0. The van der Waals surface area contributed by atoms with Crippen LogP contribution in [0.25, 0.3) is 0 Å². The molecule has 1 aliphatic rings. The predicted molar refractivity (Wildman–Crippen MR) is 157 cm³/mol. The Morgan fingerprint density at radius 3 is 2.25 bits per heavy atom. The van der Waals surface area contributed by atoms with Crippen LogP contribution in [0.3, 0.4) is 0 Å². The fourth-order valence-electron chi connectivity index (χ4n) is 4.90. The molecule has 7 heteroatoms. The SMILES string of the molecule is Cc1ccc(C#Cc2ccc(CN3O[C@H]([C@@H](C)O)[C@H](CO)[C@@H]3C(=O)NCCCN(C)c3ccccc3)cc2)cc1. The summed E-state index contributed by atoms with van der Waals surface area (Å²) in [4.78, 5) is 21.5. The first-order chi connectivity index (χ1) is 19.4. The Balaban J connectivity index is 1.38. The first-order valence-electron chi connectivity index (χ1n) is 13.8. The van der Waals surface area contributed by atoms with Crippen LogP contribution in [0.5, 0.6) is 0 Å². The number of rotatable bonds is 10. The summed E-state index contributed by atoms with van der Waals surface area (Å²) in [6, 6.07) is 25.3. The van der Waals surface area contributed by atoms with Crippen LogP contribution in [0.15, 0.2) is 78.9 Å². The van der Waals surface area contributed by atoms with Crippen molar-refractivity contribution in [1.82, 2.24) is 10.4 Å². The quantitative estimate of drug-likeness (QED) is 0.269. The summed E-state index contributed by atoms with van der Waals surface area (Å²) in [6.45, 7) is 5.01. The van der Waals surface area contributed by atoms with E-state index in [1.165, 1.54) is 5.56 Å². The highest BCUT2D eigenvalue weighted by atomic mass is 16.7. The third kappa shape index (κ3) is 7.71. The van der Waals surface area contributed by atoms with Gasteiger partial charge in [0, 0.05) is 42.9 Å². The lowest BCUT2D eigenvalue weighted by Gasteiger charge is -2.25. The minimum Gasteiger partial charge on any atom is -0.396 e. The molecule has 7 nitrogen and oxygen atoms in total. The number of anilines is 1. The van der Waals surface area contributed by atoms with Gasteiger partial charge in [-0.05, 0) is 62.2 Å². The fourth-order valence-corrected chi connectivity index (χ4v) is 4.90. The maximum Gasteiger partial charge on any atom is 0.240 e. The molecule has 3 aromatic carbocycles. The number of para-hydroxylation sites is 1. The number of aliphatic hydroxyl groups excluding tert-OH is 2. The zero-order valence-electron chi connectivity index (χ0n) is 23.5. The Kier molecular flexibility index (Phi) is 10.3. The summed E-state index contributed by atoms with van der Waals surface area (Å²) in [5.74, 6) is 5.60. The van der Waals surface area contributed by atoms with Crippen molar-refractivity contribution in [2.75, 3.05) is 31.6 Å². The number of hydrogen-bond donors (Lipinski definition) is 3. The molecule has 3 N–H and O–H groups in total. The molecule has 40 heavy (non-hydrogen) atoms. The van der Waals surface area contributed by atoms with Gasteiger partial charge in [-0.3, -0.25) is 9.63 Å². The maximum absolute atomic E-state index is 13.3. The minimum absolute atomic E-state index is 0.217. The van der Waals surface area contributed by atoms with E-state index < -0.39 is 24.2 Å². The lowest BCUT2D eigenvalue weighted by Crippen LogP contribution is -2.48. The van der Waals surface area contributed by atoms with Crippen molar-refractivity contribution >= 4 is 11.6 Å². The molecule has 4 rings (SSSR count). The largest absolute Gasteiger partial charge is 0.396 e. The molecular weight excluding hydrogens is 502 g/mol. The zero-order chi connectivity index (χ0) is 28.5. The molecule has 4 atom stereocenters. The van der Waals surface area contributed by atoms with E-state index in [-0.39, 0.29) is 12.5 Å². The Morgan fingerprint density at radius 1 is 1.02 bits per heavy atom. The van der Waals surface area contributed by atoms with E-state index in [1.807, 2.05) is 80.7 Å². The highest BCUT2D eigenvalue weighted by molar-refractivity contribution is 5.82. The van der Waals surface area contributed by atoms with Crippen molar-refractivity contribution in [1.29, 1.82) is 0 Å². The number of benzene rings is 3. The van der Waals surface area contributed by atoms with Gasteiger partial charge in [0.1, 0.15) is 12.1 Å². The van der Waals surface area contributed by atoms with Crippen molar-refractivity contribution in [3.63, 3.8) is 0 Å². The molecule has 0 radical (unpaired) electrons. The summed E-state index contributed by atoms with van der Waals surface area (Å²) in [7, 11) is 2.03. The Labute approximate surface area is 237 Å². The van der Waals surface area contributed by atoms with Gasteiger partial charge in [-0.15, -0.1) is 0 Å². The predicted octanol–water partition coefficient (Wildman–Crippen LogP) is 3.51. The van der Waals surface area contributed by atoms with Crippen LogP contribution in [0.2, 0.25) is 0 Å². The molecule has 0 aromatic heterocycles. The van der Waals surface area contributed by atoms with Crippen LogP contribution in [0, 0.1) is 24.7 Å². The summed E-state index contributed by atoms with van der Waals surface area (Å²) in [5, 5.41) is 25.1. The molecule has 1 aliphatic heterocycles. The van der Waals surface area contributed by atoms with E-state index in [9.17, 15) is 15.0 Å². The van der Waals surface area contributed by atoms with Gasteiger partial charge in [0.05, 0.1) is 19.3 Å². The van der Waals surface area contributed by atoms with E-state index in [2.05, 4.69) is 34.2 Å². The molecule has 3 aromatic rings. The second kappa shape index (κ2) is 14.1. The number of aryl methyl sites for hydroxylation is 1. The van der Waals surface area contributed by atoms with E-state index in [4.69, 9.17) is 4.84 Å². The Hall–Kier alpha value is -3.67. The zero-order valence-corrected chi connectivity index (χ0v) is 23.5. The average molecular weight is 542 g/mol. The van der Waals surface area contributed by atoms with Crippen LogP contribution < -0.4 is 10.2 Å². The maximum atomic E-state index is 13.3. The van der Waals surface area contributed by atoms with Gasteiger partial charge in [-0.25, -0.2) is 0 Å². The van der Waals surface area contributed by atoms with Crippen LogP contribution in [0.1, 0.15) is 35.6 Å². The summed E-state index contributed by atoms with van der Waals surface area (Å²) >= 11 is 0.